The molecule has 0 aromatic heterocycles. The van der Waals surface area contributed by atoms with Crippen molar-refractivity contribution in [1.82, 2.24) is 5.32 Å². The minimum Gasteiger partial charge on any atom is -0.384 e. The van der Waals surface area contributed by atoms with Gasteiger partial charge in [0.1, 0.15) is 6.10 Å². The molecule has 1 atom stereocenters. The third kappa shape index (κ3) is 5.30. The van der Waals surface area contributed by atoms with Crippen LogP contribution in [0.2, 0.25) is 0 Å². The predicted molar refractivity (Wildman–Crippen MR) is 96.2 cm³/mol. The molecule has 118 valence electrons. The topological polar surface area (TPSA) is 32.3 Å². The van der Waals surface area contributed by atoms with E-state index in [4.69, 9.17) is 0 Å². The second-order valence-corrected chi connectivity index (χ2v) is 5.40. The number of benzene rings is 2. The number of rotatable bonds is 6. The molecule has 0 aliphatic rings. The average Bonchev–Trinajstić information content (AvgIpc) is 2.52. The first-order valence-corrected chi connectivity index (χ1v) is 7.40. The standard InChI is InChI=1S/C19H23NO.ClH/c1-15(2)20-14-13-18(16-9-5-3-6-10-16)19(21)17-11-7-4-8-12-17;/h3-13,15,19-21H,14H2,1-2H3;1H. The molecule has 2 aromatic carbocycles. The maximum atomic E-state index is 10.7. The summed E-state index contributed by atoms with van der Waals surface area (Å²) in [7, 11) is 0. The van der Waals surface area contributed by atoms with Crippen LogP contribution in [0.3, 0.4) is 0 Å². The van der Waals surface area contributed by atoms with Gasteiger partial charge in [-0.1, -0.05) is 80.6 Å². The van der Waals surface area contributed by atoms with Crippen LogP contribution in [-0.2, 0) is 0 Å². The van der Waals surface area contributed by atoms with Gasteiger partial charge in [-0.05, 0) is 16.7 Å². The van der Waals surface area contributed by atoms with Crippen molar-refractivity contribution in [3.63, 3.8) is 0 Å². The van der Waals surface area contributed by atoms with Crippen molar-refractivity contribution in [3.8, 4) is 0 Å². The van der Waals surface area contributed by atoms with E-state index in [2.05, 4.69) is 25.2 Å². The molecule has 0 amide bonds. The summed E-state index contributed by atoms with van der Waals surface area (Å²) in [6.45, 7) is 4.97. The Bertz CT molecular complexity index is 567. The molecule has 0 heterocycles. The van der Waals surface area contributed by atoms with E-state index >= 15 is 0 Å². The molecule has 2 rings (SSSR count). The quantitative estimate of drug-likeness (QED) is 0.836. The first-order valence-electron chi connectivity index (χ1n) is 7.40. The zero-order valence-corrected chi connectivity index (χ0v) is 13.9. The molecular weight excluding hydrogens is 294 g/mol. The molecule has 3 heteroatoms. The van der Waals surface area contributed by atoms with Gasteiger partial charge in [0.2, 0.25) is 0 Å². The zero-order valence-electron chi connectivity index (χ0n) is 13.1. The highest BCUT2D eigenvalue weighted by Gasteiger charge is 2.14. The lowest BCUT2D eigenvalue weighted by Gasteiger charge is -2.17. The Balaban J connectivity index is 0.00000242. The summed E-state index contributed by atoms with van der Waals surface area (Å²) >= 11 is 0. The van der Waals surface area contributed by atoms with Crippen molar-refractivity contribution in [2.75, 3.05) is 6.54 Å². The summed E-state index contributed by atoms with van der Waals surface area (Å²) in [5.74, 6) is 0. The fraction of sp³-hybridized carbons (Fsp3) is 0.263. The van der Waals surface area contributed by atoms with Crippen molar-refractivity contribution in [1.29, 1.82) is 0 Å². The summed E-state index contributed by atoms with van der Waals surface area (Å²) in [6, 6.07) is 20.3. The Morgan fingerprint density at radius 1 is 1.00 bits per heavy atom. The molecular formula is C19H24ClNO. The average molecular weight is 318 g/mol. The van der Waals surface area contributed by atoms with Crippen LogP contribution in [0, 0.1) is 0 Å². The van der Waals surface area contributed by atoms with Gasteiger partial charge in [-0.3, -0.25) is 0 Å². The fourth-order valence-corrected chi connectivity index (χ4v) is 2.24. The van der Waals surface area contributed by atoms with E-state index in [1.165, 1.54) is 0 Å². The van der Waals surface area contributed by atoms with Crippen LogP contribution >= 0.6 is 12.4 Å². The molecule has 0 aliphatic carbocycles. The van der Waals surface area contributed by atoms with Gasteiger partial charge < -0.3 is 10.4 Å². The van der Waals surface area contributed by atoms with Crippen LogP contribution in [-0.4, -0.2) is 17.7 Å². The van der Waals surface area contributed by atoms with Crippen molar-refractivity contribution < 1.29 is 5.11 Å². The Labute approximate surface area is 139 Å². The van der Waals surface area contributed by atoms with Crippen LogP contribution in [0.5, 0.6) is 0 Å². The van der Waals surface area contributed by atoms with Gasteiger partial charge in [0.15, 0.2) is 0 Å². The van der Waals surface area contributed by atoms with Crippen LogP contribution in [0.4, 0.5) is 0 Å². The molecule has 0 spiro atoms. The smallest absolute Gasteiger partial charge is 0.104 e. The largest absolute Gasteiger partial charge is 0.384 e. The molecule has 2 N–H and O–H groups in total. The third-order valence-corrected chi connectivity index (χ3v) is 3.37. The molecule has 22 heavy (non-hydrogen) atoms. The summed E-state index contributed by atoms with van der Waals surface area (Å²) in [5.41, 5.74) is 2.91. The monoisotopic (exact) mass is 317 g/mol. The van der Waals surface area contributed by atoms with Gasteiger partial charge in [0, 0.05) is 12.6 Å². The highest BCUT2D eigenvalue weighted by atomic mass is 35.5. The Morgan fingerprint density at radius 3 is 2.09 bits per heavy atom. The summed E-state index contributed by atoms with van der Waals surface area (Å²) in [4.78, 5) is 0. The molecule has 1 unspecified atom stereocenters. The van der Waals surface area contributed by atoms with E-state index in [0.717, 1.165) is 23.2 Å². The molecule has 0 aliphatic heterocycles. The lowest BCUT2D eigenvalue weighted by Crippen LogP contribution is -2.22. The number of nitrogens with one attached hydrogen (secondary N) is 1. The van der Waals surface area contributed by atoms with E-state index in [1.807, 2.05) is 60.7 Å². The normalized spacial score (nSPS) is 12.8. The maximum Gasteiger partial charge on any atom is 0.104 e. The van der Waals surface area contributed by atoms with Crippen molar-refractivity contribution in [2.45, 2.75) is 26.0 Å². The van der Waals surface area contributed by atoms with E-state index in [-0.39, 0.29) is 12.4 Å². The van der Waals surface area contributed by atoms with Gasteiger partial charge >= 0.3 is 0 Å². The molecule has 0 radical (unpaired) electrons. The molecule has 2 aromatic rings. The Morgan fingerprint density at radius 2 is 1.55 bits per heavy atom. The van der Waals surface area contributed by atoms with E-state index in [9.17, 15) is 5.11 Å². The van der Waals surface area contributed by atoms with Crippen LogP contribution < -0.4 is 5.32 Å². The lowest BCUT2D eigenvalue weighted by molar-refractivity contribution is 0.238. The van der Waals surface area contributed by atoms with Gasteiger partial charge in [0.25, 0.3) is 0 Å². The highest BCUT2D eigenvalue weighted by molar-refractivity contribution is 5.85. The minimum absolute atomic E-state index is 0. The molecule has 0 saturated carbocycles. The maximum absolute atomic E-state index is 10.7. The fourth-order valence-electron chi connectivity index (χ4n) is 2.24. The number of hydrogen-bond acceptors (Lipinski definition) is 2. The van der Waals surface area contributed by atoms with Crippen LogP contribution in [0.1, 0.15) is 31.1 Å². The van der Waals surface area contributed by atoms with Gasteiger partial charge in [0.05, 0.1) is 0 Å². The second kappa shape index (κ2) is 9.42. The second-order valence-electron chi connectivity index (χ2n) is 5.40. The number of aliphatic hydroxyl groups is 1. The first-order chi connectivity index (χ1) is 10.2. The van der Waals surface area contributed by atoms with Gasteiger partial charge in [-0.15, -0.1) is 12.4 Å². The first kappa shape index (κ1) is 18.4. The van der Waals surface area contributed by atoms with E-state index in [0.29, 0.717) is 6.04 Å². The molecule has 2 nitrogen and oxygen atoms in total. The number of hydrogen-bond donors (Lipinski definition) is 2. The number of aliphatic hydroxyl groups excluding tert-OH is 1. The molecule has 0 saturated heterocycles. The van der Waals surface area contributed by atoms with Gasteiger partial charge in [-0.25, -0.2) is 0 Å². The highest BCUT2D eigenvalue weighted by Crippen LogP contribution is 2.29. The molecule has 0 bridgehead atoms. The SMILES string of the molecule is CC(C)NCC=C(c1ccccc1)C(O)c1ccccc1.Cl. The lowest BCUT2D eigenvalue weighted by atomic mass is 9.95. The minimum atomic E-state index is -0.609. The zero-order chi connectivity index (χ0) is 15.1. The Kier molecular flexibility index (Phi) is 7.89. The summed E-state index contributed by atoms with van der Waals surface area (Å²) in [5, 5.41) is 14.1. The van der Waals surface area contributed by atoms with E-state index < -0.39 is 6.10 Å². The number of halogens is 1. The molecule has 0 fully saturated rings. The Hall–Kier alpha value is -1.61. The van der Waals surface area contributed by atoms with Crippen LogP contribution in [0.15, 0.2) is 66.7 Å². The van der Waals surface area contributed by atoms with Crippen LogP contribution in [0.25, 0.3) is 5.57 Å². The van der Waals surface area contributed by atoms with E-state index in [1.54, 1.807) is 0 Å². The van der Waals surface area contributed by atoms with Crippen molar-refractivity contribution in [3.05, 3.63) is 77.9 Å². The third-order valence-electron chi connectivity index (χ3n) is 3.37. The summed E-state index contributed by atoms with van der Waals surface area (Å²) < 4.78 is 0. The van der Waals surface area contributed by atoms with Gasteiger partial charge in [-0.2, -0.15) is 0 Å². The predicted octanol–water partition coefficient (Wildman–Crippen LogP) is 4.22. The van der Waals surface area contributed by atoms with Crippen molar-refractivity contribution >= 4 is 18.0 Å². The summed E-state index contributed by atoms with van der Waals surface area (Å²) in [6.07, 6.45) is 1.47. The van der Waals surface area contributed by atoms with Crippen molar-refractivity contribution in [2.24, 2.45) is 0 Å².